The van der Waals surface area contributed by atoms with Gasteiger partial charge in [0.05, 0.1) is 25.2 Å². The van der Waals surface area contributed by atoms with Crippen molar-refractivity contribution in [3.63, 3.8) is 0 Å². The van der Waals surface area contributed by atoms with Crippen LogP contribution in [0.5, 0.6) is 5.75 Å². The number of hydrogen-bond donors (Lipinski definition) is 2. The number of methoxy groups -OCH3 is 2. The fourth-order valence-electron chi connectivity index (χ4n) is 2.89. The van der Waals surface area contributed by atoms with E-state index in [1.165, 1.54) is 13.4 Å². The van der Waals surface area contributed by atoms with Gasteiger partial charge in [-0.2, -0.15) is 0 Å². The molecule has 0 spiro atoms. The van der Waals surface area contributed by atoms with Crippen LogP contribution in [0, 0.1) is 0 Å². The Balaban J connectivity index is 1.75. The van der Waals surface area contributed by atoms with Crippen LogP contribution in [-0.2, 0) is 20.5 Å². The third-order valence-electron chi connectivity index (χ3n) is 4.23. The molecule has 3 aromatic rings. The predicted octanol–water partition coefficient (Wildman–Crippen LogP) is 2.96. The summed E-state index contributed by atoms with van der Waals surface area (Å²) < 4.78 is 37.2. The second-order valence-electron chi connectivity index (χ2n) is 6.46. The van der Waals surface area contributed by atoms with Crippen molar-refractivity contribution < 1.29 is 17.9 Å². The van der Waals surface area contributed by atoms with Gasteiger partial charge in [-0.1, -0.05) is 24.3 Å². The van der Waals surface area contributed by atoms with E-state index in [9.17, 15) is 8.42 Å². The molecule has 158 valence electrons. The molecule has 0 unspecified atom stereocenters. The Morgan fingerprint density at radius 3 is 2.63 bits per heavy atom. The zero-order valence-electron chi connectivity index (χ0n) is 16.8. The first-order chi connectivity index (χ1) is 14.5. The van der Waals surface area contributed by atoms with E-state index in [0.29, 0.717) is 23.7 Å². The molecule has 0 aliphatic rings. The second kappa shape index (κ2) is 10.1. The number of benzene rings is 2. The molecule has 0 saturated carbocycles. The molecule has 0 fully saturated rings. The van der Waals surface area contributed by atoms with Crippen LogP contribution < -0.4 is 14.8 Å². The van der Waals surface area contributed by atoms with E-state index >= 15 is 0 Å². The van der Waals surface area contributed by atoms with Gasteiger partial charge in [0.2, 0.25) is 10.0 Å². The van der Waals surface area contributed by atoms with Gasteiger partial charge in [-0.05, 0) is 29.8 Å². The maximum Gasteiger partial charge on any atom is 0.215 e. The van der Waals surface area contributed by atoms with E-state index in [2.05, 4.69) is 20.0 Å². The van der Waals surface area contributed by atoms with E-state index in [1.54, 1.807) is 25.3 Å². The van der Waals surface area contributed by atoms with Gasteiger partial charge in [-0.25, -0.2) is 23.1 Å². The molecule has 2 N–H and O–H groups in total. The van der Waals surface area contributed by atoms with E-state index in [1.807, 2.05) is 36.4 Å². The van der Waals surface area contributed by atoms with Gasteiger partial charge < -0.3 is 14.8 Å². The Morgan fingerprint density at radius 1 is 1.00 bits per heavy atom. The maximum atomic E-state index is 12.2. The first-order valence-electron chi connectivity index (χ1n) is 9.28. The van der Waals surface area contributed by atoms with Crippen LogP contribution in [0.1, 0.15) is 5.56 Å². The Kier molecular flexibility index (Phi) is 7.34. The Labute approximate surface area is 176 Å². The maximum absolute atomic E-state index is 12.2. The molecule has 30 heavy (non-hydrogen) atoms. The summed E-state index contributed by atoms with van der Waals surface area (Å²) >= 11 is 0. The van der Waals surface area contributed by atoms with Crippen LogP contribution in [0.4, 0.5) is 11.5 Å². The largest absolute Gasteiger partial charge is 0.496 e. The van der Waals surface area contributed by atoms with Gasteiger partial charge in [0.1, 0.15) is 17.9 Å². The summed E-state index contributed by atoms with van der Waals surface area (Å²) in [5, 5.41) is 3.20. The molecule has 0 atom stereocenters. The highest BCUT2D eigenvalue weighted by atomic mass is 32.2. The van der Waals surface area contributed by atoms with Crippen molar-refractivity contribution in [1.82, 2.24) is 14.7 Å². The number of para-hydroxylation sites is 1. The lowest BCUT2D eigenvalue weighted by atomic mass is 10.1. The molecule has 1 heterocycles. The molecule has 9 heteroatoms. The number of ether oxygens (including phenoxy) is 2. The van der Waals surface area contributed by atoms with Crippen molar-refractivity contribution in [2.75, 3.05) is 32.7 Å². The SMILES string of the molecule is COCCNS(=O)(=O)Cc1cccc(Nc2cc(-c3ccccc3OC)ncn2)c1. The van der Waals surface area contributed by atoms with E-state index in [4.69, 9.17) is 9.47 Å². The number of sulfonamides is 1. The van der Waals surface area contributed by atoms with E-state index in [-0.39, 0.29) is 12.3 Å². The van der Waals surface area contributed by atoms with Gasteiger partial charge in [-0.15, -0.1) is 0 Å². The van der Waals surface area contributed by atoms with Crippen LogP contribution in [0.15, 0.2) is 60.9 Å². The lowest BCUT2D eigenvalue weighted by molar-refractivity contribution is 0.204. The highest BCUT2D eigenvalue weighted by Gasteiger charge is 2.12. The summed E-state index contributed by atoms with van der Waals surface area (Å²) in [6, 6.07) is 16.6. The number of hydrogen-bond acceptors (Lipinski definition) is 7. The number of aromatic nitrogens is 2. The van der Waals surface area contributed by atoms with Crippen molar-refractivity contribution >= 4 is 21.5 Å². The molecule has 0 amide bonds. The van der Waals surface area contributed by atoms with Crippen LogP contribution >= 0.6 is 0 Å². The van der Waals surface area contributed by atoms with Crippen LogP contribution in [0.25, 0.3) is 11.3 Å². The Morgan fingerprint density at radius 2 is 1.83 bits per heavy atom. The number of rotatable bonds is 10. The van der Waals surface area contributed by atoms with Gasteiger partial charge in [0.15, 0.2) is 0 Å². The van der Waals surface area contributed by atoms with Crippen LogP contribution in [0.2, 0.25) is 0 Å². The van der Waals surface area contributed by atoms with Crippen molar-refractivity contribution in [2.45, 2.75) is 5.75 Å². The average Bonchev–Trinajstić information content (AvgIpc) is 2.74. The summed E-state index contributed by atoms with van der Waals surface area (Å²) in [5.41, 5.74) is 2.95. The minimum absolute atomic E-state index is 0.123. The fraction of sp³-hybridized carbons (Fsp3) is 0.238. The highest BCUT2D eigenvalue weighted by molar-refractivity contribution is 7.88. The van der Waals surface area contributed by atoms with Gasteiger partial charge in [-0.3, -0.25) is 0 Å². The van der Waals surface area contributed by atoms with E-state index < -0.39 is 10.0 Å². The monoisotopic (exact) mass is 428 g/mol. The third kappa shape index (κ3) is 5.99. The molecule has 0 saturated heterocycles. The smallest absolute Gasteiger partial charge is 0.215 e. The fourth-order valence-corrected chi connectivity index (χ4v) is 4.00. The molecular formula is C21H24N4O4S. The first kappa shape index (κ1) is 21.7. The molecule has 0 aliphatic heterocycles. The lowest BCUT2D eigenvalue weighted by Crippen LogP contribution is -2.28. The zero-order chi connectivity index (χ0) is 21.4. The Hall–Kier alpha value is -3.01. The zero-order valence-corrected chi connectivity index (χ0v) is 17.6. The highest BCUT2D eigenvalue weighted by Crippen LogP contribution is 2.29. The predicted molar refractivity (Wildman–Crippen MR) is 116 cm³/mol. The van der Waals surface area contributed by atoms with Crippen molar-refractivity contribution in [1.29, 1.82) is 0 Å². The van der Waals surface area contributed by atoms with Crippen molar-refractivity contribution in [2.24, 2.45) is 0 Å². The molecule has 0 aliphatic carbocycles. The molecule has 3 rings (SSSR count). The summed E-state index contributed by atoms with van der Waals surface area (Å²) in [5.74, 6) is 1.18. The average molecular weight is 429 g/mol. The van der Waals surface area contributed by atoms with Gasteiger partial charge in [0, 0.05) is 31.0 Å². The topological polar surface area (TPSA) is 102 Å². The van der Waals surface area contributed by atoms with Gasteiger partial charge >= 0.3 is 0 Å². The molecule has 2 aromatic carbocycles. The van der Waals surface area contributed by atoms with Crippen molar-refractivity contribution in [3.05, 3.63) is 66.5 Å². The molecule has 0 radical (unpaired) electrons. The standard InChI is InChI=1S/C21H24N4O4S/c1-28-11-10-24-30(26,27)14-16-6-5-7-17(12-16)25-21-13-19(22-15-23-21)18-8-3-4-9-20(18)29-2/h3-9,12-13,15,24H,10-11,14H2,1-2H3,(H,22,23,25). The molecule has 0 bridgehead atoms. The minimum atomic E-state index is -3.44. The molecule has 8 nitrogen and oxygen atoms in total. The summed E-state index contributed by atoms with van der Waals surface area (Å²) in [4.78, 5) is 8.59. The second-order valence-corrected chi connectivity index (χ2v) is 8.27. The van der Waals surface area contributed by atoms with E-state index in [0.717, 1.165) is 17.0 Å². The number of nitrogens with zero attached hydrogens (tertiary/aromatic N) is 2. The van der Waals surface area contributed by atoms with Crippen LogP contribution in [0.3, 0.4) is 0 Å². The number of anilines is 2. The molecule has 1 aromatic heterocycles. The number of nitrogens with one attached hydrogen (secondary N) is 2. The quantitative estimate of drug-likeness (QED) is 0.479. The molecular weight excluding hydrogens is 404 g/mol. The van der Waals surface area contributed by atoms with Crippen molar-refractivity contribution in [3.8, 4) is 17.0 Å². The first-order valence-corrected chi connectivity index (χ1v) is 10.9. The minimum Gasteiger partial charge on any atom is -0.496 e. The third-order valence-corrected chi connectivity index (χ3v) is 5.59. The van der Waals surface area contributed by atoms with Crippen LogP contribution in [-0.4, -0.2) is 45.8 Å². The van der Waals surface area contributed by atoms with Gasteiger partial charge in [0.25, 0.3) is 0 Å². The Bertz CT molecular complexity index is 1090. The lowest BCUT2D eigenvalue weighted by Gasteiger charge is -2.11. The normalized spacial score (nSPS) is 11.3. The summed E-state index contributed by atoms with van der Waals surface area (Å²) in [7, 11) is -0.307. The summed E-state index contributed by atoms with van der Waals surface area (Å²) in [6.45, 7) is 0.562. The summed E-state index contributed by atoms with van der Waals surface area (Å²) in [6.07, 6.45) is 1.47.